The number of amides is 2. The van der Waals surface area contributed by atoms with Crippen LogP contribution in [-0.4, -0.2) is 33.3 Å². The maximum absolute atomic E-state index is 12.0. The van der Waals surface area contributed by atoms with Gasteiger partial charge in [0, 0.05) is 25.6 Å². The van der Waals surface area contributed by atoms with Crippen molar-refractivity contribution >= 4 is 34.5 Å². The molecule has 0 spiro atoms. The van der Waals surface area contributed by atoms with E-state index in [0.717, 1.165) is 6.07 Å². The number of nitro groups is 1. The number of hydrogen-bond donors (Lipinski definition) is 3. The number of carbonyl (C=O) groups is 2. The van der Waals surface area contributed by atoms with Crippen molar-refractivity contribution in [3.8, 4) is 0 Å². The summed E-state index contributed by atoms with van der Waals surface area (Å²) in [6.45, 7) is 3.42. The Morgan fingerprint density at radius 3 is 2.71 bits per heavy atom. The number of anilines is 1. The molecule has 9 nitrogen and oxygen atoms in total. The van der Waals surface area contributed by atoms with Crippen LogP contribution in [0.15, 0.2) is 12.1 Å². The fraction of sp³-hybridized carbons (Fsp3) is 0.250. The Morgan fingerprint density at radius 2 is 2.14 bits per heavy atom. The molecule has 21 heavy (non-hydrogen) atoms. The highest BCUT2D eigenvalue weighted by Gasteiger charge is 2.19. The fourth-order valence-electron chi connectivity index (χ4n) is 1.86. The van der Waals surface area contributed by atoms with Crippen LogP contribution in [0.25, 0.3) is 11.0 Å². The average Bonchev–Trinajstić information content (AvgIpc) is 2.78. The molecule has 0 saturated carbocycles. The monoisotopic (exact) mass is 291 g/mol. The number of nitrogens with zero attached hydrogens (tertiary/aromatic N) is 2. The maximum Gasteiger partial charge on any atom is 0.272 e. The van der Waals surface area contributed by atoms with Crippen LogP contribution >= 0.6 is 0 Å². The first-order chi connectivity index (χ1) is 9.92. The highest BCUT2D eigenvalue weighted by molar-refractivity contribution is 6.06. The Hall–Kier alpha value is -2.97. The van der Waals surface area contributed by atoms with E-state index in [1.165, 1.54) is 13.0 Å². The van der Waals surface area contributed by atoms with Gasteiger partial charge in [-0.3, -0.25) is 25.0 Å². The molecular formula is C12H13N5O4. The number of rotatable bonds is 4. The lowest BCUT2D eigenvalue weighted by molar-refractivity contribution is -0.384. The van der Waals surface area contributed by atoms with Gasteiger partial charge in [-0.15, -0.1) is 0 Å². The lowest BCUT2D eigenvalue weighted by atomic mass is 10.1. The standard InChI is InChI=1S/C12H13N5O4/c1-3-13-11(19)8-4-7(17(20)21)5-9-10(8)16-12(15-9)14-6(2)18/h4-5H,3H2,1-2H3,(H,13,19)(H2,14,15,16,18). The lowest BCUT2D eigenvalue weighted by Crippen LogP contribution is -2.23. The first kappa shape index (κ1) is 14.4. The van der Waals surface area contributed by atoms with Gasteiger partial charge in [0.25, 0.3) is 11.6 Å². The number of hydrogen-bond acceptors (Lipinski definition) is 5. The summed E-state index contributed by atoms with van der Waals surface area (Å²) in [6.07, 6.45) is 0. The molecule has 0 saturated heterocycles. The van der Waals surface area contributed by atoms with E-state index in [0.29, 0.717) is 12.1 Å². The summed E-state index contributed by atoms with van der Waals surface area (Å²) in [5.74, 6) is -0.682. The van der Waals surface area contributed by atoms with Crippen LogP contribution < -0.4 is 10.6 Å². The van der Waals surface area contributed by atoms with Crippen LogP contribution in [0.1, 0.15) is 24.2 Å². The smallest absolute Gasteiger partial charge is 0.272 e. The summed E-state index contributed by atoms with van der Waals surface area (Å²) in [5.41, 5.74) is 0.403. The normalized spacial score (nSPS) is 10.4. The number of nitrogens with one attached hydrogen (secondary N) is 3. The number of non-ortho nitro benzene ring substituents is 1. The van der Waals surface area contributed by atoms with Gasteiger partial charge in [-0.1, -0.05) is 0 Å². The summed E-state index contributed by atoms with van der Waals surface area (Å²) >= 11 is 0. The summed E-state index contributed by atoms with van der Waals surface area (Å²) in [5, 5.41) is 15.9. The van der Waals surface area contributed by atoms with Gasteiger partial charge in [0.2, 0.25) is 11.9 Å². The third-order valence-corrected chi connectivity index (χ3v) is 2.66. The van der Waals surface area contributed by atoms with Crippen molar-refractivity contribution in [1.29, 1.82) is 0 Å². The van der Waals surface area contributed by atoms with Crippen LogP contribution in [0.4, 0.5) is 11.6 Å². The third-order valence-electron chi connectivity index (χ3n) is 2.66. The van der Waals surface area contributed by atoms with Crippen LogP contribution in [0.3, 0.4) is 0 Å². The van der Waals surface area contributed by atoms with Gasteiger partial charge in [0.1, 0.15) is 5.52 Å². The molecule has 0 atom stereocenters. The second-order valence-electron chi connectivity index (χ2n) is 4.27. The van der Waals surface area contributed by atoms with Crippen LogP contribution in [0, 0.1) is 10.1 Å². The van der Waals surface area contributed by atoms with Gasteiger partial charge in [-0.25, -0.2) is 4.98 Å². The first-order valence-corrected chi connectivity index (χ1v) is 6.16. The van der Waals surface area contributed by atoms with E-state index in [2.05, 4.69) is 20.6 Å². The number of carbonyl (C=O) groups excluding carboxylic acids is 2. The Labute approximate surface area is 118 Å². The maximum atomic E-state index is 12.0. The molecule has 2 aromatic rings. The second kappa shape index (κ2) is 5.57. The summed E-state index contributed by atoms with van der Waals surface area (Å²) in [7, 11) is 0. The average molecular weight is 291 g/mol. The summed E-state index contributed by atoms with van der Waals surface area (Å²) < 4.78 is 0. The van der Waals surface area contributed by atoms with E-state index in [-0.39, 0.29) is 28.6 Å². The van der Waals surface area contributed by atoms with Crippen molar-refractivity contribution in [1.82, 2.24) is 15.3 Å². The Kier molecular flexibility index (Phi) is 3.83. The molecule has 0 aliphatic carbocycles. The molecule has 2 amide bonds. The number of H-pyrrole nitrogens is 1. The summed E-state index contributed by atoms with van der Waals surface area (Å²) in [4.78, 5) is 40.2. The van der Waals surface area contributed by atoms with E-state index < -0.39 is 10.8 Å². The van der Waals surface area contributed by atoms with Crippen LogP contribution in [0.5, 0.6) is 0 Å². The number of fused-ring (bicyclic) bond motifs is 1. The van der Waals surface area contributed by atoms with Gasteiger partial charge in [0.05, 0.1) is 16.0 Å². The molecule has 1 heterocycles. The molecule has 0 fully saturated rings. The molecule has 0 aliphatic rings. The van der Waals surface area contributed by atoms with Crippen LogP contribution in [0.2, 0.25) is 0 Å². The number of nitro benzene ring substituents is 1. The highest BCUT2D eigenvalue weighted by atomic mass is 16.6. The van der Waals surface area contributed by atoms with Crippen molar-refractivity contribution in [2.75, 3.05) is 11.9 Å². The molecular weight excluding hydrogens is 278 g/mol. The zero-order valence-electron chi connectivity index (χ0n) is 11.4. The Morgan fingerprint density at radius 1 is 1.43 bits per heavy atom. The SMILES string of the molecule is CCNC(=O)c1cc([N+](=O)[O-])cc2[nH]c(NC(C)=O)nc12. The third kappa shape index (κ3) is 2.96. The quantitative estimate of drug-likeness (QED) is 0.575. The van der Waals surface area contributed by atoms with Gasteiger partial charge < -0.3 is 10.3 Å². The lowest BCUT2D eigenvalue weighted by Gasteiger charge is -2.02. The van der Waals surface area contributed by atoms with Crippen molar-refractivity contribution in [2.24, 2.45) is 0 Å². The molecule has 0 unspecified atom stereocenters. The Bertz CT molecular complexity index is 737. The first-order valence-electron chi connectivity index (χ1n) is 6.16. The second-order valence-corrected chi connectivity index (χ2v) is 4.27. The van der Waals surface area contributed by atoms with E-state index in [1.54, 1.807) is 6.92 Å². The predicted molar refractivity (Wildman–Crippen MR) is 75.1 cm³/mol. The van der Waals surface area contributed by atoms with Gasteiger partial charge in [-0.05, 0) is 6.92 Å². The van der Waals surface area contributed by atoms with E-state index >= 15 is 0 Å². The van der Waals surface area contributed by atoms with Gasteiger partial charge in [0.15, 0.2) is 0 Å². The minimum atomic E-state index is -0.596. The van der Waals surface area contributed by atoms with E-state index in [9.17, 15) is 19.7 Å². The molecule has 0 radical (unpaired) electrons. The molecule has 9 heteroatoms. The number of imidazole rings is 1. The van der Waals surface area contributed by atoms with E-state index in [1.807, 2.05) is 0 Å². The summed E-state index contributed by atoms with van der Waals surface area (Å²) in [6, 6.07) is 2.42. The molecule has 2 rings (SSSR count). The molecule has 0 bridgehead atoms. The largest absolute Gasteiger partial charge is 0.352 e. The zero-order valence-corrected chi connectivity index (χ0v) is 11.4. The Balaban J connectivity index is 2.61. The van der Waals surface area contributed by atoms with Crippen LogP contribution in [-0.2, 0) is 4.79 Å². The van der Waals surface area contributed by atoms with Crippen molar-refractivity contribution < 1.29 is 14.5 Å². The highest BCUT2D eigenvalue weighted by Crippen LogP contribution is 2.25. The molecule has 1 aromatic carbocycles. The predicted octanol–water partition coefficient (Wildman–Crippen LogP) is 1.18. The minimum Gasteiger partial charge on any atom is -0.352 e. The molecule has 0 aliphatic heterocycles. The minimum absolute atomic E-state index is 0.0777. The number of aromatic nitrogens is 2. The molecule has 1 aromatic heterocycles. The number of benzene rings is 1. The fourth-order valence-corrected chi connectivity index (χ4v) is 1.86. The van der Waals surface area contributed by atoms with Gasteiger partial charge >= 0.3 is 0 Å². The number of aromatic amines is 1. The molecule has 110 valence electrons. The molecule has 3 N–H and O–H groups in total. The van der Waals surface area contributed by atoms with Crippen molar-refractivity contribution in [3.05, 3.63) is 27.8 Å². The van der Waals surface area contributed by atoms with E-state index in [4.69, 9.17) is 0 Å². The zero-order chi connectivity index (χ0) is 15.6. The topological polar surface area (TPSA) is 130 Å². The van der Waals surface area contributed by atoms with Gasteiger partial charge in [-0.2, -0.15) is 0 Å². The van der Waals surface area contributed by atoms with Crippen molar-refractivity contribution in [3.63, 3.8) is 0 Å². The van der Waals surface area contributed by atoms with Crippen molar-refractivity contribution in [2.45, 2.75) is 13.8 Å².